The van der Waals surface area contributed by atoms with Crippen molar-refractivity contribution in [3.63, 3.8) is 0 Å². The van der Waals surface area contributed by atoms with E-state index in [4.69, 9.17) is 4.74 Å². The minimum absolute atomic E-state index is 0.348. The molecule has 0 radical (unpaired) electrons. The minimum atomic E-state index is -0.348. The first-order valence-corrected chi connectivity index (χ1v) is 4.08. The van der Waals surface area contributed by atoms with Crippen molar-refractivity contribution in [3.8, 4) is 0 Å². The molecule has 0 saturated heterocycles. The van der Waals surface area contributed by atoms with Crippen molar-refractivity contribution in [2.45, 2.75) is 6.92 Å². The van der Waals surface area contributed by atoms with Gasteiger partial charge in [0.2, 0.25) is 0 Å². The molecule has 0 bridgehead atoms. The van der Waals surface area contributed by atoms with E-state index in [0.717, 1.165) is 0 Å². The van der Waals surface area contributed by atoms with Crippen LogP contribution < -0.4 is 5.32 Å². The lowest BCUT2D eigenvalue weighted by Gasteiger charge is -1.99. The molecule has 5 nitrogen and oxygen atoms in total. The van der Waals surface area contributed by atoms with Crippen LogP contribution in [0.1, 0.15) is 17.4 Å². The van der Waals surface area contributed by atoms with E-state index in [0.29, 0.717) is 18.1 Å². The number of carbonyl (C=O) groups is 1. The van der Waals surface area contributed by atoms with Crippen molar-refractivity contribution in [2.75, 3.05) is 19.0 Å². The first-order valence-electron chi connectivity index (χ1n) is 4.08. The standard InChI is InChI=1S/C8H13N3O2/c1-4-13-8(12)6-5-7(9-2)10-11(6)3/h5H,4H2,1-3H3,(H,9,10). The van der Waals surface area contributed by atoms with Crippen molar-refractivity contribution in [3.05, 3.63) is 11.8 Å². The number of hydrogen-bond donors (Lipinski definition) is 1. The van der Waals surface area contributed by atoms with Crippen molar-refractivity contribution in [1.82, 2.24) is 9.78 Å². The molecule has 0 spiro atoms. The van der Waals surface area contributed by atoms with Gasteiger partial charge in [0.25, 0.3) is 0 Å². The molecule has 72 valence electrons. The summed E-state index contributed by atoms with van der Waals surface area (Å²) in [5, 5.41) is 6.88. The average molecular weight is 183 g/mol. The van der Waals surface area contributed by atoms with Crippen LogP contribution in [0.5, 0.6) is 0 Å². The Labute approximate surface area is 76.7 Å². The fraction of sp³-hybridized carbons (Fsp3) is 0.500. The van der Waals surface area contributed by atoms with Crippen LogP contribution in [0.2, 0.25) is 0 Å². The van der Waals surface area contributed by atoms with Gasteiger partial charge in [0.05, 0.1) is 6.61 Å². The van der Waals surface area contributed by atoms with Gasteiger partial charge in [0.1, 0.15) is 11.5 Å². The zero-order valence-corrected chi connectivity index (χ0v) is 8.00. The molecule has 0 aromatic carbocycles. The molecule has 0 atom stereocenters. The Morgan fingerprint density at radius 3 is 2.92 bits per heavy atom. The topological polar surface area (TPSA) is 56.1 Å². The molecule has 0 aliphatic heterocycles. The Morgan fingerprint density at radius 2 is 2.46 bits per heavy atom. The monoisotopic (exact) mass is 183 g/mol. The van der Waals surface area contributed by atoms with E-state index >= 15 is 0 Å². The van der Waals surface area contributed by atoms with Gasteiger partial charge >= 0.3 is 5.97 Å². The lowest BCUT2D eigenvalue weighted by atomic mass is 10.4. The molecule has 5 heteroatoms. The molecule has 0 amide bonds. The summed E-state index contributed by atoms with van der Waals surface area (Å²) in [6.07, 6.45) is 0. The molecule has 0 aliphatic carbocycles. The number of carbonyl (C=O) groups excluding carboxylic acids is 1. The number of hydrogen-bond acceptors (Lipinski definition) is 4. The summed E-state index contributed by atoms with van der Waals surface area (Å²) in [4.78, 5) is 11.3. The third-order valence-corrected chi connectivity index (χ3v) is 1.62. The van der Waals surface area contributed by atoms with Crippen LogP contribution in [0, 0.1) is 0 Å². The second kappa shape index (κ2) is 3.93. The highest BCUT2D eigenvalue weighted by Crippen LogP contribution is 2.08. The van der Waals surface area contributed by atoms with Crippen molar-refractivity contribution in [1.29, 1.82) is 0 Å². The Bertz CT molecular complexity index is 306. The van der Waals surface area contributed by atoms with Crippen LogP contribution in [0.3, 0.4) is 0 Å². The SMILES string of the molecule is CCOC(=O)c1cc(NC)nn1C. The van der Waals surface area contributed by atoms with Gasteiger partial charge in [-0.2, -0.15) is 5.10 Å². The van der Waals surface area contributed by atoms with Crippen molar-refractivity contribution < 1.29 is 9.53 Å². The molecular formula is C8H13N3O2. The van der Waals surface area contributed by atoms with E-state index < -0.39 is 0 Å². The number of rotatable bonds is 3. The predicted octanol–water partition coefficient (Wildman–Crippen LogP) is 0.638. The molecule has 0 saturated carbocycles. The zero-order chi connectivity index (χ0) is 9.84. The van der Waals surface area contributed by atoms with E-state index in [2.05, 4.69) is 10.4 Å². The normalized spacial score (nSPS) is 9.77. The third-order valence-electron chi connectivity index (χ3n) is 1.62. The largest absolute Gasteiger partial charge is 0.461 e. The van der Waals surface area contributed by atoms with E-state index in [-0.39, 0.29) is 5.97 Å². The van der Waals surface area contributed by atoms with E-state index in [1.807, 2.05) is 0 Å². The number of nitrogens with zero attached hydrogens (tertiary/aromatic N) is 2. The summed E-state index contributed by atoms with van der Waals surface area (Å²) >= 11 is 0. The van der Waals surface area contributed by atoms with E-state index in [1.165, 1.54) is 4.68 Å². The molecule has 0 aliphatic rings. The fourth-order valence-electron chi connectivity index (χ4n) is 0.985. The number of aryl methyl sites for hydroxylation is 1. The number of nitrogens with one attached hydrogen (secondary N) is 1. The fourth-order valence-corrected chi connectivity index (χ4v) is 0.985. The second-order valence-electron chi connectivity index (χ2n) is 2.51. The third kappa shape index (κ3) is 1.99. The van der Waals surface area contributed by atoms with Gasteiger partial charge in [-0.05, 0) is 6.92 Å². The molecule has 1 aromatic rings. The minimum Gasteiger partial charge on any atom is -0.461 e. The first-order chi connectivity index (χ1) is 6.19. The predicted molar refractivity (Wildman–Crippen MR) is 48.7 cm³/mol. The Kier molecular flexibility index (Phi) is 2.89. The maximum Gasteiger partial charge on any atom is 0.356 e. The van der Waals surface area contributed by atoms with E-state index in [9.17, 15) is 4.79 Å². The molecule has 1 rings (SSSR count). The molecular weight excluding hydrogens is 170 g/mol. The molecule has 0 unspecified atom stereocenters. The Balaban J connectivity index is 2.87. The summed E-state index contributed by atoms with van der Waals surface area (Å²) in [5.41, 5.74) is 0.450. The van der Waals surface area contributed by atoms with Gasteiger partial charge in [0, 0.05) is 20.2 Å². The van der Waals surface area contributed by atoms with Crippen LogP contribution >= 0.6 is 0 Å². The highest BCUT2D eigenvalue weighted by Gasteiger charge is 2.12. The summed E-state index contributed by atoms with van der Waals surface area (Å²) in [7, 11) is 3.45. The summed E-state index contributed by atoms with van der Waals surface area (Å²) in [6, 6.07) is 1.65. The van der Waals surface area contributed by atoms with Gasteiger partial charge in [-0.1, -0.05) is 0 Å². The zero-order valence-electron chi connectivity index (χ0n) is 8.00. The van der Waals surface area contributed by atoms with Crippen LogP contribution in [-0.4, -0.2) is 29.4 Å². The first kappa shape index (κ1) is 9.57. The van der Waals surface area contributed by atoms with E-state index in [1.54, 1.807) is 27.1 Å². The van der Waals surface area contributed by atoms with Crippen LogP contribution in [0.4, 0.5) is 5.82 Å². The molecule has 1 aromatic heterocycles. The van der Waals surface area contributed by atoms with Gasteiger partial charge in [-0.15, -0.1) is 0 Å². The van der Waals surface area contributed by atoms with Gasteiger partial charge in [-0.3, -0.25) is 4.68 Å². The van der Waals surface area contributed by atoms with Crippen LogP contribution in [0.15, 0.2) is 6.07 Å². The summed E-state index contributed by atoms with van der Waals surface area (Å²) < 4.78 is 6.33. The highest BCUT2D eigenvalue weighted by molar-refractivity contribution is 5.88. The number of aromatic nitrogens is 2. The van der Waals surface area contributed by atoms with Crippen LogP contribution in [0.25, 0.3) is 0 Å². The van der Waals surface area contributed by atoms with Crippen molar-refractivity contribution >= 4 is 11.8 Å². The molecule has 0 fully saturated rings. The van der Waals surface area contributed by atoms with Gasteiger partial charge in [0.15, 0.2) is 0 Å². The highest BCUT2D eigenvalue weighted by atomic mass is 16.5. The van der Waals surface area contributed by atoms with Crippen LogP contribution in [-0.2, 0) is 11.8 Å². The number of esters is 1. The summed E-state index contributed by atoms with van der Waals surface area (Å²) in [6.45, 7) is 2.14. The summed E-state index contributed by atoms with van der Waals surface area (Å²) in [5.74, 6) is 0.310. The Hall–Kier alpha value is -1.52. The van der Waals surface area contributed by atoms with Crippen molar-refractivity contribution in [2.24, 2.45) is 7.05 Å². The molecule has 1 heterocycles. The number of anilines is 1. The maximum atomic E-state index is 11.3. The molecule has 13 heavy (non-hydrogen) atoms. The van der Waals surface area contributed by atoms with Gasteiger partial charge in [-0.25, -0.2) is 4.79 Å². The number of ether oxygens (including phenoxy) is 1. The average Bonchev–Trinajstić information content (AvgIpc) is 2.47. The molecule has 1 N–H and O–H groups in total. The van der Waals surface area contributed by atoms with Gasteiger partial charge < -0.3 is 10.1 Å². The lowest BCUT2D eigenvalue weighted by molar-refractivity contribution is 0.0513. The Morgan fingerprint density at radius 1 is 1.77 bits per heavy atom. The quantitative estimate of drug-likeness (QED) is 0.698. The second-order valence-corrected chi connectivity index (χ2v) is 2.51. The smallest absolute Gasteiger partial charge is 0.356 e. The lowest BCUT2D eigenvalue weighted by Crippen LogP contribution is -2.10. The maximum absolute atomic E-state index is 11.3.